The molecule has 0 aliphatic carbocycles. The first-order valence-corrected chi connectivity index (χ1v) is 14.2. The van der Waals surface area contributed by atoms with Gasteiger partial charge in [-0.05, 0) is 81.1 Å². The molecule has 3 aromatic rings. The molecule has 0 aromatic carbocycles. The van der Waals surface area contributed by atoms with E-state index < -0.39 is 17.4 Å². The Bertz CT molecular complexity index is 1880. The van der Waals surface area contributed by atoms with Gasteiger partial charge in [0.15, 0.2) is 0 Å². The van der Waals surface area contributed by atoms with E-state index in [0.29, 0.717) is 56.8 Å². The lowest BCUT2D eigenvalue weighted by Crippen LogP contribution is -2.43. The summed E-state index contributed by atoms with van der Waals surface area (Å²) < 4.78 is 10.3. The molecular weight excluding hydrogens is 546 g/mol. The number of carbonyl (C=O) groups is 3. The zero-order valence-electron chi connectivity index (χ0n) is 26.1. The fourth-order valence-electron chi connectivity index (χ4n) is 6.31. The van der Waals surface area contributed by atoms with Crippen molar-refractivity contribution in [2.75, 3.05) is 28.3 Å². The number of H-pyrrole nitrogens is 2. The minimum atomic E-state index is -0.921. The molecule has 10 heteroatoms. The Balaban J connectivity index is 1.99. The van der Waals surface area contributed by atoms with Crippen LogP contribution in [0.4, 0.5) is 0 Å². The number of aromatic amines is 2. The third kappa shape index (κ3) is 4.70. The first-order chi connectivity index (χ1) is 20.3. The molecule has 0 saturated heterocycles. The molecule has 2 aliphatic heterocycles. The van der Waals surface area contributed by atoms with E-state index in [0.717, 1.165) is 22.3 Å². The molecule has 8 bridgehead atoms. The summed E-state index contributed by atoms with van der Waals surface area (Å²) in [6, 6.07) is 9.39. The number of amides is 1. The molecule has 2 aliphatic rings. The van der Waals surface area contributed by atoms with E-state index in [2.05, 4.69) is 9.97 Å². The molecule has 5 heterocycles. The van der Waals surface area contributed by atoms with Gasteiger partial charge in [-0.15, -0.1) is 0 Å². The number of nitrogens with one attached hydrogen (secondary N) is 2. The van der Waals surface area contributed by atoms with Crippen LogP contribution in [0, 0.1) is 13.8 Å². The van der Waals surface area contributed by atoms with Gasteiger partial charge in [0.25, 0.3) is 0 Å². The molecule has 0 saturated carbocycles. The van der Waals surface area contributed by atoms with Crippen molar-refractivity contribution in [1.82, 2.24) is 24.8 Å². The van der Waals surface area contributed by atoms with Gasteiger partial charge in [-0.1, -0.05) is 6.92 Å². The molecule has 0 fully saturated rings. The minimum Gasteiger partial charge on any atom is -0.465 e. The van der Waals surface area contributed by atoms with E-state index >= 15 is 0 Å². The van der Waals surface area contributed by atoms with Crippen LogP contribution in [0.5, 0.6) is 0 Å². The molecule has 3 aromatic heterocycles. The van der Waals surface area contributed by atoms with Gasteiger partial charge < -0.3 is 24.3 Å². The second kappa shape index (κ2) is 10.8. The summed E-state index contributed by atoms with van der Waals surface area (Å²) in [6.45, 7) is 9.61. The van der Waals surface area contributed by atoms with Gasteiger partial charge in [0.05, 0.1) is 53.4 Å². The van der Waals surface area contributed by atoms with Crippen molar-refractivity contribution < 1.29 is 23.9 Å². The Hall–Kier alpha value is -4.73. The molecule has 5 rings (SSSR count). The number of hydrogen-bond donors (Lipinski definition) is 2. The van der Waals surface area contributed by atoms with Gasteiger partial charge in [0, 0.05) is 42.3 Å². The van der Waals surface area contributed by atoms with Crippen LogP contribution in [-0.4, -0.2) is 71.0 Å². The van der Waals surface area contributed by atoms with Gasteiger partial charge >= 0.3 is 11.9 Å². The van der Waals surface area contributed by atoms with E-state index in [9.17, 15) is 14.4 Å². The lowest BCUT2D eigenvalue weighted by molar-refractivity contribution is -0.135. The van der Waals surface area contributed by atoms with Crippen LogP contribution >= 0.6 is 0 Å². The number of fused-ring (bicyclic) bond motifs is 8. The normalized spacial score (nSPS) is 18.0. The molecule has 2 N–H and O–H groups in total. The summed E-state index contributed by atoms with van der Waals surface area (Å²) in [7, 11) is 6.16. The zero-order valence-corrected chi connectivity index (χ0v) is 26.1. The van der Waals surface area contributed by atoms with Gasteiger partial charge in [-0.25, -0.2) is 14.6 Å². The van der Waals surface area contributed by atoms with Gasteiger partial charge in [-0.3, -0.25) is 9.78 Å². The van der Waals surface area contributed by atoms with Crippen LogP contribution in [0.3, 0.4) is 0 Å². The number of esters is 2. The number of aromatic nitrogens is 4. The number of likely N-dealkylation sites (N-methyl/N-ethyl adjacent to an activating group) is 1. The van der Waals surface area contributed by atoms with Crippen LogP contribution in [-0.2, 0) is 24.5 Å². The molecule has 0 radical (unpaired) electrons. The summed E-state index contributed by atoms with van der Waals surface area (Å²) in [4.78, 5) is 58.1. The van der Waals surface area contributed by atoms with Crippen molar-refractivity contribution in [3.05, 3.63) is 69.8 Å². The molecule has 0 spiro atoms. The maximum absolute atomic E-state index is 13.8. The lowest BCUT2D eigenvalue weighted by Gasteiger charge is -2.32. The fourth-order valence-corrected chi connectivity index (χ4v) is 6.31. The average Bonchev–Trinajstić information content (AvgIpc) is 3.65. The second-order valence-corrected chi connectivity index (χ2v) is 11.5. The second-order valence-electron chi connectivity index (χ2n) is 11.5. The van der Waals surface area contributed by atoms with Crippen molar-refractivity contribution >= 4 is 51.1 Å². The summed E-state index contributed by atoms with van der Waals surface area (Å²) in [5, 5.41) is 0. The number of carbonyl (C=O) groups excluding carboxylic acids is 3. The molecule has 43 heavy (non-hydrogen) atoms. The van der Waals surface area contributed by atoms with Gasteiger partial charge in [0.1, 0.15) is 0 Å². The van der Waals surface area contributed by atoms with Gasteiger partial charge in [-0.2, -0.15) is 0 Å². The highest BCUT2D eigenvalue weighted by molar-refractivity contribution is 6.25. The summed E-state index contributed by atoms with van der Waals surface area (Å²) in [6.07, 6.45) is 0.663. The van der Waals surface area contributed by atoms with Crippen LogP contribution in [0.1, 0.15) is 77.4 Å². The molecule has 1 amide bonds. The highest BCUT2D eigenvalue weighted by Crippen LogP contribution is 2.45. The van der Waals surface area contributed by atoms with Gasteiger partial charge in [0.2, 0.25) is 5.91 Å². The molecule has 224 valence electrons. The van der Waals surface area contributed by atoms with Crippen LogP contribution in [0.15, 0.2) is 30.3 Å². The van der Waals surface area contributed by atoms with E-state index in [1.807, 2.05) is 58.9 Å². The van der Waals surface area contributed by atoms with Crippen LogP contribution in [0.25, 0.3) is 33.2 Å². The maximum atomic E-state index is 13.8. The molecular formula is C33H37N5O5. The topological polar surface area (TPSA) is 130 Å². The largest absolute Gasteiger partial charge is 0.465 e. The molecule has 0 unspecified atom stereocenters. The maximum Gasteiger partial charge on any atom is 0.340 e. The monoisotopic (exact) mass is 583 g/mol. The van der Waals surface area contributed by atoms with E-state index in [4.69, 9.17) is 19.4 Å². The molecule has 2 atom stereocenters. The number of rotatable bonds is 4. The number of allylic oxidation sites excluding steroid dienone is 1. The Morgan fingerprint density at radius 1 is 0.884 bits per heavy atom. The predicted octanol–water partition coefficient (Wildman–Crippen LogP) is 5.36. The molecule has 10 nitrogen and oxygen atoms in total. The van der Waals surface area contributed by atoms with Crippen molar-refractivity contribution in [3.8, 4) is 0 Å². The minimum absolute atomic E-state index is 0.0441. The lowest BCUT2D eigenvalue weighted by atomic mass is 9.72. The summed E-state index contributed by atoms with van der Waals surface area (Å²) in [5.41, 5.74) is 6.94. The standard InChI is InChI=1S/C33H37N5O5/c1-10-20-24-14-23-18(4)29(31(40)43-9)26(36-23)15-25-28(30(39)42-8)17(3)22(35-25)13-21-16(2)11-19(34-21)12-27(37-24)33(20,5)32(41)38(6)7/h11-15,20,34,36H,10H2,1-9H3/t20-,33-/m0/s1. The van der Waals surface area contributed by atoms with Crippen molar-refractivity contribution in [3.63, 3.8) is 0 Å². The Kier molecular flexibility index (Phi) is 7.50. The number of hydrogen-bond acceptors (Lipinski definition) is 7. The third-order valence-electron chi connectivity index (χ3n) is 8.67. The quantitative estimate of drug-likeness (QED) is 0.395. The van der Waals surface area contributed by atoms with E-state index in [1.165, 1.54) is 14.2 Å². The Morgan fingerprint density at radius 2 is 1.56 bits per heavy atom. The first kappa shape index (κ1) is 29.8. The number of nitrogens with zero attached hydrogens (tertiary/aromatic N) is 3. The number of methoxy groups -OCH3 is 2. The van der Waals surface area contributed by atoms with Crippen molar-refractivity contribution in [2.24, 2.45) is 0 Å². The fraction of sp³-hybridized carbons (Fsp3) is 0.364. The SMILES string of the molecule is CC[C@H]1c2cc3[nH]c(cc4nc(cc5[nH]c(cc(n2)[C@@]1(C)C(=O)N(C)C)cc5C)C(C)=C4C(=O)OC)c(C(=O)OC)c3C. The first-order valence-electron chi connectivity index (χ1n) is 14.2. The Labute approximate surface area is 250 Å². The highest BCUT2D eigenvalue weighted by atomic mass is 16.5. The van der Waals surface area contributed by atoms with Crippen LogP contribution in [0.2, 0.25) is 0 Å². The third-order valence-corrected chi connectivity index (χ3v) is 8.67. The van der Waals surface area contributed by atoms with Crippen LogP contribution < -0.4 is 0 Å². The van der Waals surface area contributed by atoms with E-state index in [-0.39, 0.29) is 11.8 Å². The van der Waals surface area contributed by atoms with Crippen molar-refractivity contribution in [2.45, 2.75) is 52.4 Å². The number of ether oxygens (including phenoxy) is 2. The van der Waals surface area contributed by atoms with E-state index in [1.54, 1.807) is 25.1 Å². The summed E-state index contributed by atoms with van der Waals surface area (Å²) in [5.74, 6) is -1.33. The summed E-state index contributed by atoms with van der Waals surface area (Å²) >= 11 is 0. The predicted molar refractivity (Wildman–Crippen MR) is 165 cm³/mol. The Morgan fingerprint density at radius 3 is 2.19 bits per heavy atom. The van der Waals surface area contributed by atoms with Crippen molar-refractivity contribution in [1.29, 1.82) is 0 Å². The highest BCUT2D eigenvalue weighted by Gasteiger charge is 2.49. The average molecular weight is 584 g/mol. The zero-order chi connectivity index (χ0) is 31.4. The number of aryl methyl sites for hydroxylation is 2. The smallest absolute Gasteiger partial charge is 0.340 e.